The molecule has 182 valence electrons. The Labute approximate surface area is 207 Å². The van der Waals surface area contributed by atoms with Crippen molar-refractivity contribution in [1.82, 2.24) is 4.90 Å². The van der Waals surface area contributed by atoms with Crippen LogP contribution in [0.15, 0.2) is 65.7 Å². The summed E-state index contributed by atoms with van der Waals surface area (Å²) in [6.07, 6.45) is 0.720. The minimum absolute atomic E-state index is 0.0472. The van der Waals surface area contributed by atoms with E-state index < -0.39 is 10.8 Å². The van der Waals surface area contributed by atoms with Crippen molar-refractivity contribution in [3.63, 3.8) is 0 Å². The quantitative estimate of drug-likeness (QED) is 0.324. The van der Waals surface area contributed by atoms with Crippen LogP contribution in [0.4, 0.5) is 17.1 Å². The van der Waals surface area contributed by atoms with Crippen LogP contribution >= 0.6 is 0 Å². The molecule has 0 aliphatic carbocycles. The van der Waals surface area contributed by atoms with Crippen molar-refractivity contribution in [1.29, 1.82) is 0 Å². The van der Waals surface area contributed by atoms with E-state index in [1.165, 1.54) is 12.1 Å². The van der Waals surface area contributed by atoms with Gasteiger partial charge >= 0.3 is 0 Å². The Morgan fingerprint density at radius 3 is 2.61 bits per heavy atom. The first-order valence-electron chi connectivity index (χ1n) is 11.7. The molecule has 2 aliphatic heterocycles. The normalized spacial score (nSPS) is 16.8. The molecule has 0 fully saturated rings. The Balaban J connectivity index is 1.61. The zero-order chi connectivity index (χ0) is 25.4. The maximum absolute atomic E-state index is 13.2. The first-order valence-corrected chi connectivity index (χ1v) is 11.7. The van der Waals surface area contributed by atoms with Gasteiger partial charge in [0.15, 0.2) is 0 Å². The molecule has 2 heterocycles. The Kier molecular flexibility index (Phi) is 6.07. The van der Waals surface area contributed by atoms with Gasteiger partial charge in [-0.2, -0.15) is 0 Å². The van der Waals surface area contributed by atoms with Crippen molar-refractivity contribution < 1.29 is 14.5 Å². The Morgan fingerprint density at radius 2 is 1.92 bits per heavy atom. The van der Waals surface area contributed by atoms with Gasteiger partial charge in [0, 0.05) is 49.9 Å². The van der Waals surface area contributed by atoms with Crippen LogP contribution in [0.25, 0.3) is 0 Å². The molecule has 1 unspecified atom stereocenters. The summed E-state index contributed by atoms with van der Waals surface area (Å²) < 4.78 is 0. The first kappa shape index (κ1) is 23.4. The van der Waals surface area contributed by atoms with Crippen molar-refractivity contribution >= 4 is 34.6 Å². The van der Waals surface area contributed by atoms with Gasteiger partial charge in [-0.3, -0.25) is 24.7 Å². The summed E-state index contributed by atoms with van der Waals surface area (Å²) in [6, 6.07) is 17.7. The number of fused-ring (bicyclic) bond motifs is 2. The zero-order valence-electron chi connectivity index (χ0n) is 19.7. The van der Waals surface area contributed by atoms with Crippen LogP contribution < -0.4 is 11.1 Å². The lowest BCUT2D eigenvalue weighted by Gasteiger charge is -2.28. The van der Waals surface area contributed by atoms with E-state index in [-0.39, 0.29) is 17.5 Å². The lowest BCUT2D eigenvalue weighted by molar-refractivity contribution is -0.384. The maximum atomic E-state index is 13.2. The van der Waals surface area contributed by atoms with Crippen LogP contribution in [-0.2, 0) is 29.1 Å². The van der Waals surface area contributed by atoms with Gasteiger partial charge in [-0.05, 0) is 46.9 Å². The molecule has 0 aromatic heterocycles. The number of nitro benzene ring substituents is 1. The van der Waals surface area contributed by atoms with Crippen molar-refractivity contribution in [2.75, 3.05) is 11.9 Å². The monoisotopic (exact) mass is 483 g/mol. The third kappa shape index (κ3) is 4.36. The predicted octanol–water partition coefficient (Wildman–Crippen LogP) is 3.81. The molecule has 1 atom stereocenters. The van der Waals surface area contributed by atoms with Crippen molar-refractivity contribution in [2.24, 2.45) is 10.7 Å². The van der Waals surface area contributed by atoms with Gasteiger partial charge in [-0.1, -0.05) is 30.3 Å². The lowest BCUT2D eigenvalue weighted by Crippen LogP contribution is -2.34. The Hall–Kier alpha value is -4.37. The number of anilines is 1. The minimum Gasteiger partial charge on any atom is -0.338 e. The van der Waals surface area contributed by atoms with Crippen LogP contribution in [-0.4, -0.2) is 33.9 Å². The molecule has 3 N–H and O–H groups in total. The number of nitrogens with one attached hydrogen (secondary N) is 1. The van der Waals surface area contributed by atoms with Gasteiger partial charge in [-0.25, -0.2) is 0 Å². The van der Waals surface area contributed by atoms with Crippen LogP contribution in [0.3, 0.4) is 0 Å². The molecule has 9 nitrogen and oxygen atoms in total. The van der Waals surface area contributed by atoms with Gasteiger partial charge in [0.2, 0.25) is 11.8 Å². The van der Waals surface area contributed by atoms with E-state index in [1.54, 1.807) is 13.0 Å². The van der Waals surface area contributed by atoms with Gasteiger partial charge in [0.1, 0.15) is 5.92 Å². The minimum atomic E-state index is -0.812. The molecule has 0 saturated carbocycles. The highest BCUT2D eigenvalue weighted by Crippen LogP contribution is 2.38. The number of benzene rings is 3. The van der Waals surface area contributed by atoms with Crippen molar-refractivity contribution in [2.45, 2.75) is 32.4 Å². The molecule has 0 spiro atoms. The van der Waals surface area contributed by atoms with Gasteiger partial charge in [0.05, 0.1) is 16.3 Å². The summed E-state index contributed by atoms with van der Waals surface area (Å²) in [5.74, 6) is -1.05. The highest BCUT2D eigenvalue weighted by Gasteiger charge is 2.36. The third-order valence-corrected chi connectivity index (χ3v) is 6.73. The SMILES string of the molecule is CC(=O)N1CCc2cc(N=C(c3ccc(CN)cc3)C3C(=O)Nc4ccc([N+](=O)[O-])cc43)ccc2C1. The van der Waals surface area contributed by atoms with Crippen LogP contribution in [0.1, 0.15) is 40.7 Å². The van der Waals surface area contributed by atoms with E-state index in [0.29, 0.717) is 42.3 Å². The number of carbonyl (C=O) groups excluding carboxylic acids is 2. The Bertz CT molecular complexity index is 1410. The fourth-order valence-corrected chi connectivity index (χ4v) is 4.76. The Morgan fingerprint density at radius 1 is 1.14 bits per heavy atom. The summed E-state index contributed by atoms with van der Waals surface area (Å²) in [4.78, 5) is 42.6. The molecular formula is C27H25N5O4. The number of non-ortho nitro benzene ring substituents is 1. The van der Waals surface area contributed by atoms with E-state index in [9.17, 15) is 19.7 Å². The molecule has 3 aromatic rings. The second kappa shape index (κ2) is 9.35. The predicted molar refractivity (Wildman–Crippen MR) is 136 cm³/mol. The second-order valence-electron chi connectivity index (χ2n) is 8.99. The molecule has 36 heavy (non-hydrogen) atoms. The largest absolute Gasteiger partial charge is 0.338 e. The van der Waals surface area contributed by atoms with Crippen LogP contribution in [0.2, 0.25) is 0 Å². The van der Waals surface area contributed by atoms with Gasteiger partial charge in [0.25, 0.3) is 5.69 Å². The molecule has 3 aromatic carbocycles. The number of aliphatic imine (C=N–C) groups is 1. The number of carbonyl (C=O) groups is 2. The second-order valence-corrected chi connectivity index (χ2v) is 8.99. The standard InChI is InChI=1S/C27H25N5O4/c1-16(33)31-11-10-19-12-21(7-6-20(19)15-31)29-26(18-4-2-17(14-28)3-5-18)25-23-13-22(32(35)36)8-9-24(23)30-27(25)34/h2-9,12-13,25H,10-11,14-15,28H2,1H3,(H,30,34). The van der Waals surface area contributed by atoms with Crippen LogP contribution in [0, 0.1) is 10.1 Å². The molecule has 0 saturated heterocycles. The zero-order valence-corrected chi connectivity index (χ0v) is 19.7. The first-order chi connectivity index (χ1) is 17.3. The van der Waals surface area contributed by atoms with Crippen LogP contribution in [0.5, 0.6) is 0 Å². The third-order valence-electron chi connectivity index (χ3n) is 6.73. The molecule has 0 radical (unpaired) electrons. The van der Waals surface area contributed by atoms with E-state index >= 15 is 0 Å². The number of nitrogens with zero attached hydrogens (tertiary/aromatic N) is 3. The summed E-state index contributed by atoms with van der Waals surface area (Å²) in [6.45, 7) is 3.16. The fourth-order valence-electron chi connectivity index (χ4n) is 4.76. The number of nitrogens with two attached hydrogens (primary N) is 1. The highest BCUT2D eigenvalue weighted by atomic mass is 16.6. The molecular weight excluding hydrogens is 458 g/mol. The molecule has 0 bridgehead atoms. The van der Waals surface area contributed by atoms with Gasteiger partial charge in [-0.15, -0.1) is 0 Å². The van der Waals surface area contributed by atoms with E-state index in [2.05, 4.69) is 5.32 Å². The van der Waals surface area contributed by atoms with E-state index in [0.717, 1.165) is 28.7 Å². The number of nitro groups is 1. The molecule has 2 amide bonds. The van der Waals surface area contributed by atoms with Crippen molar-refractivity contribution in [3.8, 4) is 0 Å². The summed E-state index contributed by atoms with van der Waals surface area (Å²) in [5.41, 5.74) is 11.8. The fraction of sp³-hybridized carbons (Fsp3) is 0.222. The van der Waals surface area contributed by atoms with E-state index in [1.807, 2.05) is 47.4 Å². The number of hydrogen-bond acceptors (Lipinski definition) is 6. The molecule has 9 heteroatoms. The lowest BCUT2D eigenvalue weighted by atomic mass is 9.90. The summed E-state index contributed by atoms with van der Waals surface area (Å²) >= 11 is 0. The number of amides is 2. The molecule has 5 rings (SSSR count). The average molecular weight is 484 g/mol. The maximum Gasteiger partial charge on any atom is 0.269 e. The summed E-state index contributed by atoms with van der Waals surface area (Å²) in [5, 5.41) is 14.3. The summed E-state index contributed by atoms with van der Waals surface area (Å²) in [7, 11) is 0. The molecule has 2 aliphatic rings. The average Bonchev–Trinajstić information content (AvgIpc) is 3.21. The topological polar surface area (TPSA) is 131 Å². The number of hydrogen-bond donors (Lipinski definition) is 2. The van der Waals surface area contributed by atoms with Gasteiger partial charge < -0.3 is 16.0 Å². The van der Waals surface area contributed by atoms with Crippen molar-refractivity contribution in [3.05, 3.63) is 98.6 Å². The highest BCUT2D eigenvalue weighted by molar-refractivity contribution is 6.24. The number of rotatable bonds is 5. The van der Waals surface area contributed by atoms with E-state index in [4.69, 9.17) is 10.7 Å². The smallest absolute Gasteiger partial charge is 0.269 e.